The molecule has 174 valence electrons. The number of anilines is 1. The van der Waals surface area contributed by atoms with Crippen LogP contribution in [0.5, 0.6) is 0 Å². The van der Waals surface area contributed by atoms with E-state index in [4.69, 9.17) is 15.0 Å². The minimum Gasteiger partial charge on any atom is -0.388 e. The van der Waals surface area contributed by atoms with E-state index in [1.54, 1.807) is 20.8 Å². The van der Waals surface area contributed by atoms with E-state index in [0.29, 0.717) is 17.0 Å². The molecule has 4 unspecified atom stereocenters. The quantitative estimate of drug-likeness (QED) is 0.369. The Morgan fingerprint density at radius 2 is 1.94 bits per heavy atom. The van der Waals surface area contributed by atoms with Crippen molar-refractivity contribution in [1.82, 2.24) is 19.5 Å². The zero-order valence-corrected chi connectivity index (χ0v) is 19.0. The van der Waals surface area contributed by atoms with Crippen LogP contribution in [0.1, 0.15) is 52.6 Å². The zero-order valence-electron chi connectivity index (χ0n) is 18.1. The maximum atomic E-state index is 12.5. The van der Waals surface area contributed by atoms with Crippen LogP contribution >= 0.6 is 7.60 Å². The fraction of sp³-hybridized carbons (Fsp3) is 0.722. The Hall–Kier alpha value is -1.66. The minimum absolute atomic E-state index is 0.0122. The van der Waals surface area contributed by atoms with Gasteiger partial charge in [0.05, 0.1) is 11.7 Å². The molecule has 0 aromatic carbocycles. The molecule has 0 saturated carbocycles. The molecule has 0 aliphatic carbocycles. The molecule has 2 aromatic rings. The second-order valence-electron chi connectivity index (χ2n) is 8.62. The molecule has 12 nitrogen and oxygen atoms in total. The number of fused-ring (bicyclic) bond motifs is 1. The third-order valence-corrected chi connectivity index (χ3v) is 7.76. The molecule has 1 fully saturated rings. The lowest BCUT2D eigenvalue weighted by Crippen LogP contribution is -2.39. The maximum absolute atomic E-state index is 12.5. The molecule has 0 bridgehead atoms. The molecule has 1 aliphatic heterocycles. The van der Waals surface area contributed by atoms with Crippen LogP contribution in [0.15, 0.2) is 6.33 Å². The summed E-state index contributed by atoms with van der Waals surface area (Å²) in [7, 11) is -4.41. The number of hydrogen-bond donors (Lipinski definition) is 5. The number of aromatic nitrogens is 4. The van der Waals surface area contributed by atoms with Crippen molar-refractivity contribution in [2.75, 3.05) is 5.73 Å². The Morgan fingerprint density at radius 3 is 2.52 bits per heavy atom. The lowest BCUT2D eigenvalue weighted by Gasteiger charge is -2.36. The summed E-state index contributed by atoms with van der Waals surface area (Å²) >= 11 is 0. The van der Waals surface area contributed by atoms with E-state index >= 15 is 0 Å². The summed E-state index contributed by atoms with van der Waals surface area (Å²) in [6.45, 7) is 7.38. The van der Waals surface area contributed by atoms with Crippen LogP contribution in [0.4, 0.5) is 5.82 Å². The van der Waals surface area contributed by atoms with E-state index in [1.807, 2.05) is 0 Å². The first-order valence-corrected chi connectivity index (χ1v) is 11.5. The molecule has 0 spiro atoms. The molecule has 0 radical (unpaired) electrons. The van der Waals surface area contributed by atoms with Crippen LogP contribution in [0.3, 0.4) is 0 Å². The average molecular weight is 459 g/mol. The molecule has 6 N–H and O–H groups in total. The second kappa shape index (κ2) is 8.04. The van der Waals surface area contributed by atoms with Gasteiger partial charge in [-0.3, -0.25) is 9.13 Å². The van der Waals surface area contributed by atoms with E-state index in [0.717, 1.165) is 0 Å². The number of ether oxygens (including phenoxy) is 1. The third kappa shape index (κ3) is 4.34. The van der Waals surface area contributed by atoms with Gasteiger partial charge < -0.3 is 35.2 Å². The average Bonchev–Trinajstić information content (AvgIpc) is 3.12. The largest absolute Gasteiger partial charge is 0.388 e. The Bertz CT molecular complexity index is 1010. The molecular weight excluding hydrogens is 429 g/mol. The number of aliphatic hydroxyl groups is 3. The van der Waals surface area contributed by atoms with Crippen molar-refractivity contribution in [2.24, 2.45) is 0 Å². The van der Waals surface area contributed by atoms with Crippen LogP contribution < -0.4 is 5.73 Å². The highest BCUT2D eigenvalue weighted by molar-refractivity contribution is 7.54. The second-order valence-corrected chi connectivity index (χ2v) is 10.9. The van der Waals surface area contributed by atoms with E-state index in [1.165, 1.54) is 24.7 Å². The van der Waals surface area contributed by atoms with Crippen molar-refractivity contribution < 1.29 is 34.0 Å². The van der Waals surface area contributed by atoms with Gasteiger partial charge in [0.25, 0.3) is 0 Å². The molecule has 1 aliphatic rings. The molecule has 6 atom stereocenters. The first kappa shape index (κ1) is 24.0. The van der Waals surface area contributed by atoms with Crippen molar-refractivity contribution >= 4 is 24.6 Å². The lowest BCUT2D eigenvalue weighted by atomic mass is 9.93. The van der Waals surface area contributed by atoms with Gasteiger partial charge in [-0.1, -0.05) is 6.92 Å². The Kier molecular flexibility index (Phi) is 6.22. The number of hydrogen-bond acceptors (Lipinski definition) is 10. The third-order valence-electron chi connectivity index (χ3n) is 5.69. The summed E-state index contributed by atoms with van der Waals surface area (Å²) < 4.78 is 25.4. The summed E-state index contributed by atoms with van der Waals surface area (Å²) in [4.78, 5) is 22.6. The number of rotatable bonds is 7. The van der Waals surface area contributed by atoms with E-state index in [-0.39, 0.29) is 18.7 Å². The highest BCUT2D eigenvalue weighted by atomic mass is 31.2. The number of aryl methyl sites for hydroxylation is 1. The van der Waals surface area contributed by atoms with Gasteiger partial charge in [-0.15, -0.1) is 0 Å². The zero-order chi connectivity index (χ0) is 23.4. The fourth-order valence-electron chi connectivity index (χ4n) is 3.53. The number of aliphatic hydroxyl groups excluding tert-OH is 2. The minimum atomic E-state index is -4.41. The predicted molar refractivity (Wildman–Crippen MR) is 111 cm³/mol. The molecule has 13 heteroatoms. The highest BCUT2D eigenvalue weighted by Crippen LogP contribution is 2.57. The van der Waals surface area contributed by atoms with Crippen molar-refractivity contribution in [3.05, 3.63) is 12.2 Å². The number of imidazole rings is 1. The first-order valence-electron chi connectivity index (χ1n) is 9.93. The summed E-state index contributed by atoms with van der Waals surface area (Å²) in [5.74, 6) is 0.629. The van der Waals surface area contributed by atoms with Gasteiger partial charge in [0, 0.05) is 6.42 Å². The molecular formula is C18H30N5O7P. The van der Waals surface area contributed by atoms with E-state index in [9.17, 15) is 24.8 Å². The normalized spacial score (nSPS) is 28.5. The first-order chi connectivity index (χ1) is 14.2. The Balaban J connectivity index is 1.88. The smallest absolute Gasteiger partial charge is 0.359 e. The van der Waals surface area contributed by atoms with E-state index < -0.39 is 43.1 Å². The Labute approximate surface area is 179 Å². The van der Waals surface area contributed by atoms with Gasteiger partial charge in [-0.05, 0) is 34.1 Å². The van der Waals surface area contributed by atoms with Gasteiger partial charge in [-0.2, -0.15) is 0 Å². The molecule has 1 saturated heterocycles. The maximum Gasteiger partial charge on any atom is 0.359 e. The summed E-state index contributed by atoms with van der Waals surface area (Å²) in [5.41, 5.74) is 5.33. The molecule has 0 amide bonds. The molecule has 3 rings (SSSR count). The topological polar surface area (TPSA) is 186 Å². The Morgan fingerprint density at radius 1 is 1.29 bits per heavy atom. The number of nitrogens with two attached hydrogens (primary N) is 1. The van der Waals surface area contributed by atoms with Crippen LogP contribution in [0.2, 0.25) is 0 Å². The number of nitrogen functional groups attached to an aromatic ring is 1. The van der Waals surface area contributed by atoms with Crippen molar-refractivity contribution in [3.63, 3.8) is 0 Å². The van der Waals surface area contributed by atoms with E-state index in [2.05, 4.69) is 15.0 Å². The van der Waals surface area contributed by atoms with Gasteiger partial charge in [0.2, 0.25) is 0 Å². The van der Waals surface area contributed by atoms with Crippen molar-refractivity contribution in [3.8, 4) is 0 Å². The molecule has 31 heavy (non-hydrogen) atoms. The monoisotopic (exact) mass is 459 g/mol. The molecule has 2 aromatic heterocycles. The van der Waals surface area contributed by atoms with Crippen molar-refractivity contribution in [1.29, 1.82) is 0 Å². The SMILES string of the molecule is CCC(C)(CC1O[C@@H](n2c(C)nc3c(N)ncnc32)[C@H](O)C1O)OP(=O)(O)C(C)(C)O. The predicted octanol–water partition coefficient (Wildman–Crippen LogP) is 0.825. The van der Waals surface area contributed by atoms with Crippen molar-refractivity contribution in [2.45, 2.75) is 82.9 Å². The summed E-state index contributed by atoms with van der Waals surface area (Å²) in [6.07, 6.45) is -3.04. The van der Waals surface area contributed by atoms with Gasteiger partial charge in [0.1, 0.15) is 24.4 Å². The van der Waals surface area contributed by atoms with Gasteiger partial charge >= 0.3 is 7.60 Å². The van der Waals surface area contributed by atoms with Crippen LogP contribution in [0, 0.1) is 6.92 Å². The van der Waals surface area contributed by atoms with Crippen LogP contribution in [-0.2, 0) is 13.8 Å². The number of nitrogens with zero attached hydrogens (tertiary/aromatic N) is 4. The standard InChI is InChI=1S/C18H30N5O7P/c1-6-18(5,30-31(27,28)17(3,4)26)7-10-12(24)13(25)16(29-10)23-9(2)22-11-14(19)20-8-21-15(11)23/h8,10,12-13,16,24-26H,6-7H2,1-5H3,(H,27,28)(H2,19,20,21)/t10?,12?,13-,16-,18?/m1/s1. The summed E-state index contributed by atoms with van der Waals surface area (Å²) in [5, 5.41) is 29.4. The van der Waals surface area contributed by atoms with Crippen LogP contribution in [0.25, 0.3) is 11.2 Å². The lowest BCUT2D eigenvalue weighted by molar-refractivity contribution is -0.0689. The van der Waals surface area contributed by atoms with Crippen LogP contribution in [-0.4, -0.2) is 69.0 Å². The fourth-order valence-corrected chi connectivity index (χ4v) is 4.56. The molecule has 3 heterocycles. The highest BCUT2D eigenvalue weighted by Gasteiger charge is 2.50. The summed E-state index contributed by atoms with van der Waals surface area (Å²) in [6, 6.07) is 0. The van der Waals surface area contributed by atoms with Gasteiger partial charge in [0.15, 0.2) is 28.6 Å². The van der Waals surface area contributed by atoms with Gasteiger partial charge in [-0.25, -0.2) is 15.0 Å².